The summed E-state index contributed by atoms with van der Waals surface area (Å²) in [6, 6.07) is 14.0. The average molecular weight is 377 g/mol. The average Bonchev–Trinajstić information content (AvgIpc) is 2.65. The number of sulfonamides is 1. The van der Waals surface area contributed by atoms with Crippen LogP contribution in [0.3, 0.4) is 0 Å². The molecule has 7 nitrogen and oxygen atoms in total. The Morgan fingerprint density at radius 2 is 1.46 bits per heavy atom. The maximum absolute atomic E-state index is 12.0. The van der Waals surface area contributed by atoms with E-state index in [1.165, 1.54) is 24.3 Å². The number of rotatable bonds is 8. The molecule has 0 aromatic heterocycles. The van der Waals surface area contributed by atoms with Crippen LogP contribution in [0.25, 0.3) is 0 Å². The van der Waals surface area contributed by atoms with Crippen molar-refractivity contribution in [2.24, 2.45) is 0 Å². The van der Waals surface area contributed by atoms with E-state index < -0.39 is 22.0 Å². The molecule has 0 spiro atoms. The van der Waals surface area contributed by atoms with E-state index in [1.807, 2.05) is 0 Å². The second kappa shape index (κ2) is 9.12. The fourth-order valence-electron chi connectivity index (χ4n) is 2.07. The number of carbonyl (C=O) groups excluding carboxylic acids is 2. The lowest BCUT2D eigenvalue weighted by Crippen LogP contribution is -2.23. The van der Waals surface area contributed by atoms with Gasteiger partial charge in [-0.3, -0.25) is 0 Å². The zero-order chi connectivity index (χ0) is 19.0. The van der Waals surface area contributed by atoms with E-state index in [0.29, 0.717) is 5.56 Å². The number of ether oxygens (including phenoxy) is 2. The quantitative estimate of drug-likeness (QED) is 0.558. The Morgan fingerprint density at radius 1 is 0.885 bits per heavy atom. The summed E-state index contributed by atoms with van der Waals surface area (Å²) in [7, 11) is -3.66. The first-order valence-corrected chi connectivity index (χ1v) is 9.41. The van der Waals surface area contributed by atoms with Crippen LogP contribution < -0.4 is 4.72 Å². The summed E-state index contributed by atoms with van der Waals surface area (Å²) in [5.41, 5.74) is 0.499. The standard InChI is InChI=1S/C18H19NO6S/c1-2-19-26(22,23)16-10-6-9-15(13-16)18(21)25-12-11-24-17(20)14-7-4-3-5-8-14/h3-10,13,19H,2,11-12H2,1H3. The fourth-order valence-corrected chi connectivity index (χ4v) is 3.16. The number of esters is 2. The van der Waals surface area contributed by atoms with E-state index in [4.69, 9.17) is 9.47 Å². The van der Waals surface area contributed by atoms with Crippen LogP contribution in [0.1, 0.15) is 27.6 Å². The van der Waals surface area contributed by atoms with Crippen molar-refractivity contribution in [1.29, 1.82) is 0 Å². The normalized spacial score (nSPS) is 11.0. The predicted molar refractivity (Wildman–Crippen MR) is 94.3 cm³/mol. The predicted octanol–water partition coefficient (Wildman–Crippen LogP) is 2.00. The van der Waals surface area contributed by atoms with Crippen molar-refractivity contribution in [3.63, 3.8) is 0 Å². The highest BCUT2D eigenvalue weighted by Crippen LogP contribution is 2.12. The molecule has 138 valence electrons. The Bertz CT molecular complexity index is 864. The minimum absolute atomic E-state index is 0.0238. The van der Waals surface area contributed by atoms with Crippen LogP contribution in [0.4, 0.5) is 0 Å². The molecule has 2 aromatic rings. The SMILES string of the molecule is CCNS(=O)(=O)c1cccc(C(=O)OCCOC(=O)c2ccccc2)c1. The van der Waals surface area contributed by atoms with Gasteiger partial charge in [0.25, 0.3) is 0 Å². The summed E-state index contributed by atoms with van der Waals surface area (Å²) in [6.45, 7) is 1.66. The van der Waals surface area contributed by atoms with Gasteiger partial charge in [0.2, 0.25) is 10.0 Å². The Labute approximate surface area is 152 Å². The number of benzene rings is 2. The summed E-state index contributed by atoms with van der Waals surface area (Å²) in [5.74, 6) is -1.21. The molecule has 0 atom stereocenters. The first-order valence-electron chi connectivity index (χ1n) is 7.93. The fraction of sp³-hybridized carbons (Fsp3) is 0.222. The van der Waals surface area contributed by atoms with Crippen molar-refractivity contribution in [2.75, 3.05) is 19.8 Å². The van der Waals surface area contributed by atoms with Gasteiger partial charge in [0, 0.05) is 6.54 Å². The molecule has 0 saturated carbocycles. The van der Waals surface area contributed by atoms with Gasteiger partial charge in [0.05, 0.1) is 16.0 Å². The molecule has 8 heteroatoms. The largest absolute Gasteiger partial charge is 0.458 e. The molecule has 0 heterocycles. The Morgan fingerprint density at radius 3 is 2.08 bits per heavy atom. The smallest absolute Gasteiger partial charge is 0.338 e. The molecule has 2 rings (SSSR count). The van der Waals surface area contributed by atoms with Gasteiger partial charge in [0.1, 0.15) is 13.2 Å². The molecule has 0 unspecified atom stereocenters. The highest BCUT2D eigenvalue weighted by Gasteiger charge is 2.16. The van der Waals surface area contributed by atoms with Crippen LogP contribution in [-0.2, 0) is 19.5 Å². The molecule has 26 heavy (non-hydrogen) atoms. The zero-order valence-corrected chi connectivity index (χ0v) is 15.0. The number of nitrogens with one attached hydrogen (secondary N) is 1. The second-order valence-corrected chi connectivity index (χ2v) is 6.93. The highest BCUT2D eigenvalue weighted by atomic mass is 32.2. The third-order valence-electron chi connectivity index (χ3n) is 3.27. The van der Waals surface area contributed by atoms with Crippen molar-refractivity contribution >= 4 is 22.0 Å². The van der Waals surface area contributed by atoms with E-state index in [9.17, 15) is 18.0 Å². The monoisotopic (exact) mass is 377 g/mol. The second-order valence-electron chi connectivity index (χ2n) is 5.17. The zero-order valence-electron chi connectivity index (χ0n) is 14.2. The molecule has 1 N–H and O–H groups in total. The molecule has 0 radical (unpaired) electrons. The van der Waals surface area contributed by atoms with Crippen LogP contribution in [0.2, 0.25) is 0 Å². The van der Waals surface area contributed by atoms with E-state index in [2.05, 4.69) is 4.72 Å². The van der Waals surface area contributed by atoms with Gasteiger partial charge in [-0.2, -0.15) is 0 Å². The van der Waals surface area contributed by atoms with Crippen molar-refractivity contribution in [3.8, 4) is 0 Å². The molecule has 0 aliphatic carbocycles. The van der Waals surface area contributed by atoms with Gasteiger partial charge in [-0.05, 0) is 30.3 Å². The van der Waals surface area contributed by atoms with Crippen molar-refractivity contribution in [3.05, 3.63) is 65.7 Å². The molecular formula is C18H19NO6S. The van der Waals surface area contributed by atoms with Crippen molar-refractivity contribution in [1.82, 2.24) is 4.72 Å². The van der Waals surface area contributed by atoms with Gasteiger partial charge in [-0.25, -0.2) is 22.7 Å². The van der Waals surface area contributed by atoms with Gasteiger partial charge < -0.3 is 9.47 Å². The lowest BCUT2D eigenvalue weighted by atomic mass is 10.2. The van der Waals surface area contributed by atoms with Crippen LogP contribution in [0.15, 0.2) is 59.5 Å². The third kappa shape index (κ3) is 5.40. The number of carbonyl (C=O) groups is 2. The topological polar surface area (TPSA) is 98.8 Å². The maximum atomic E-state index is 12.0. The molecule has 0 aliphatic rings. The van der Waals surface area contributed by atoms with Crippen LogP contribution in [0.5, 0.6) is 0 Å². The summed E-state index contributed by atoms with van der Waals surface area (Å²) in [4.78, 5) is 23.7. The maximum Gasteiger partial charge on any atom is 0.338 e. The van der Waals surface area contributed by atoms with E-state index in [1.54, 1.807) is 37.3 Å². The van der Waals surface area contributed by atoms with Crippen LogP contribution in [0, 0.1) is 0 Å². The van der Waals surface area contributed by atoms with E-state index in [0.717, 1.165) is 0 Å². The minimum atomic E-state index is -3.66. The molecule has 0 fully saturated rings. The Kier molecular flexibility index (Phi) is 6.88. The van der Waals surface area contributed by atoms with Crippen LogP contribution >= 0.6 is 0 Å². The lowest BCUT2D eigenvalue weighted by molar-refractivity contribution is 0.0265. The highest BCUT2D eigenvalue weighted by molar-refractivity contribution is 7.89. The summed E-state index contributed by atoms with van der Waals surface area (Å²) < 4.78 is 36.3. The van der Waals surface area contributed by atoms with Gasteiger partial charge in [-0.1, -0.05) is 31.2 Å². The number of hydrogen-bond acceptors (Lipinski definition) is 6. The first kappa shape index (κ1) is 19.6. The van der Waals surface area contributed by atoms with E-state index in [-0.39, 0.29) is 30.2 Å². The minimum Gasteiger partial charge on any atom is -0.458 e. The molecule has 0 saturated heterocycles. The van der Waals surface area contributed by atoms with Gasteiger partial charge in [0.15, 0.2) is 0 Å². The summed E-state index contributed by atoms with van der Waals surface area (Å²) in [6.07, 6.45) is 0. The third-order valence-corrected chi connectivity index (χ3v) is 4.82. The molecular weight excluding hydrogens is 358 g/mol. The summed E-state index contributed by atoms with van der Waals surface area (Å²) >= 11 is 0. The molecule has 2 aromatic carbocycles. The lowest BCUT2D eigenvalue weighted by Gasteiger charge is -2.08. The molecule has 0 amide bonds. The van der Waals surface area contributed by atoms with Gasteiger partial charge >= 0.3 is 11.9 Å². The van der Waals surface area contributed by atoms with Crippen LogP contribution in [-0.4, -0.2) is 40.1 Å². The van der Waals surface area contributed by atoms with Crippen molar-refractivity contribution < 1.29 is 27.5 Å². The molecule has 0 bridgehead atoms. The van der Waals surface area contributed by atoms with E-state index >= 15 is 0 Å². The first-order chi connectivity index (χ1) is 12.4. The van der Waals surface area contributed by atoms with Gasteiger partial charge in [-0.15, -0.1) is 0 Å². The number of hydrogen-bond donors (Lipinski definition) is 1. The Balaban J connectivity index is 1.87. The van der Waals surface area contributed by atoms with Crippen molar-refractivity contribution in [2.45, 2.75) is 11.8 Å². The molecule has 0 aliphatic heterocycles. The Hall–Kier alpha value is -2.71. The summed E-state index contributed by atoms with van der Waals surface area (Å²) in [5, 5.41) is 0.